The first-order chi connectivity index (χ1) is 8.88. The summed E-state index contributed by atoms with van der Waals surface area (Å²) in [6.45, 7) is 1.89. The molecule has 7 heteroatoms. The maximum Gasteiger partial charge on any atom is 0.251 e. The van der Waals surface area contributed by atoms with E-state index in [-0.39, 0.29) is 23.4 Å². The summed E-state index contributed by atoms with van der Waals surface area (Å²) in [5.41, 5.74) is 1.04. The number of carbonyl (C=O) groups excluding carboxylic acids is 1. The fraction of sp³-hybridized carbons (Fsp3) is 0.500. The average Bonchev–Trinajstić information content (AvgIpc) is 2.64. The molecule has 5 nitrogen and oxygen atoms in total. The standard InChI is InChI=1S/C12H15ClN2O3S/c1-8-5-9(6-11(13)15-8)12(16)14-7-10-3-2-4-19(10,17)18/h5-6,10H,2-4,7H2,1H3,(H,14,16). The third-order valence-corrected chi connectivity index (χ3v) is 5.61. The van der Waals surface area contributed by atoms with Gasteiger partial charge in [-0.1, -0.05) is 11.6 Å². The number of hydrogen-bond acceptors (Lipinski definition) is 4. The van der Waals surface area contributed by atoms with Crippen LogP contribution in [0, 0.1) is 6.92 Å². The number of halogens is 1. The minimum Gasteiger partial charge on any atom is -0.351 e. The lowest BCUT2D eigenvalue weighted by atomic mass is 10.2. The molecule has 1 aromatic rings. The number of nitrogens with one attached hydrogen (secondary N) is 1. The summed E-state index contributed by atoms with van der Waals surface area (Å²) < 4.78 is 23.3. The maximum absolute atomic E-state index is 11.9. The number of pyridine rings is 1. The third kappa shape index (κ3) is 3.45. The van der Waals surface area contributed by atoms with Gasteiger partial charge in [0.25, 0.3) is 5.91 Å². The van der Waals surface area contributed by atoms with E-state index in [2.05, 4.69) is 10.3 Å². The Morgan fingerprint density at radius 1 is 1.53 bits per heavy atom. The van der Waals surface area contributed by atoms with Gasteiger partial charge in [-0.15, -0.1) is 0 Å². The third-order valence-electron chi connectivity index (χ3n) is 3.14. The van der Waals surface area contributed by atoms with E-state index in [1.165, 1.54) is 6.07 Å². The molecule has 104 valence electrons. The van der Waals surface area contributed by atoms with Crippen molar-refractivity contribution in [1.29, 1.82) is 0 Å². The molecule has 0 spiro atoms. The van der Waals surface area contributed by atoms with Crippen molar-refractivity contribution in [3.05, 3.63) is 28.5 Å². The molecule has 2 heterocycles. The number of amides is 1. The van der Waals surface area contributed by atoms with E-state index in [1.54, 1.807) is 13.0 Å². The molecular formula is C12H15ClN2O3S. The van der Waals surface area contributed by atoms with Gasteiger partial charge in [0.15, 0.2) is 9.84 Å². The van der Waals surface area contributed by atoms with E-state index in [1.807, 2.05) is 0 Å². The van der Waals surface area contributed by atoms with Crippen molar-refractivity contribution in [1.82, 2.24) is 10.3 Å². The molecule has 1 unspecified atom stereocenters. The fourth-order valence-electron chi connectivity index (χ4n) is 2.16. The van der Waals surface area contributed by atoms with Gasteiger partial charge in [-0.05, 0) is 31.9 Å². The van der Waals surface area contributed by atoms with Gasteiger partial charge in [0, 0.05) is 17.8 Å². The van der Waals surface area contributed by atoms with Crippen molar-refractivity contribution < 1.29 is 13.2 Å². The topological polar surface area (TPSA) is 76.1 Å². The Labute approximate surface area is 117 Å². The van der Waals surface area contributed by atoms with Crippen LogP contribution in [0.3, 0.4) is 0 Å². The van der Waals surface area contributed by atoms with Crippen LogP contribution in [-0.4, -0.2) is 36.9 Å². The van der Waals surface area contributed by atoms with Gasteiger partial charge in [0.1, 0.15) is 5.15 Å². The van der Waals surface area contributed by atoms with Crippen LogP contribution in [0.4, 0.5) is 0 Å². The predicted molar refractivity (Wildman–Crippen MR) is 73.1 cm³/mol. The highest BCUT2D eigenvalue weighted by molar-refractivity contribution is 7.92. The Balaban J connectivity index is 2.02. The summed E-state index contributed by atoms with van der Waals surface area (Å²) in [4.78, 5) is 15.9. The second-order valence-electron chi connectivity index (χ2n) is 4.66. The first-order valence-corrected chi connectivity index (χ1v) is 8.12. The van der Waals surface area contributed by atoms with Crippen LogP contribution in [-0.2, 0) is 9.84 Å². The van der Waals surface area contributed by atoms with Gasteiger partial charge in [0.2, 0.25) is 0 Å². The molecule has 1 amide bonds. The molecule has 1 fully saturated rings. The number of rotatable bonds is 3. The van der Waals surface area contributed by atoms with Gasteiger partial charge >= 0.3 is 0 Å². The largest absolute Gasteiger partial charge is 0.351 e. The Kier molecular flexibility index (Phi) is 4.10. The molecule has 1 N–H and O–H groups in total. The van der Waals surface area contributed by atoms with Crippen molar-refractivity contribution in [3.63, 3.8) is 0 Å². The summed E-state index contributed by atoms with van der Waals surface area (Å²) in [7, 11) is -3.03. The zero-order valence-electron chi connectivity index (χ0n) is 10.5. The fourth-order valence-corrected chi connectivity index (χ4v) is 4.17. The highest BCUT2D eigenvalue weighted by atomic mass is 35.5. The normalized spacial score (nSPS) is 21.3. The molecule has 1 atom stereocenters. The summed E-state index contributed by atoms with van der Waals surface area (Å²) in [6.07, 6.45) is 1.28. The van der Waals surface area contributed by atoms with Crippen molar-refractivity contribution >= 4 is 27.3 Å². The van der Waals surface area contributed by atoms with Crippen LogP contribution in [0.2, 0.25) is 5.15 Å². The van der Waals surface area contributed by atoms with Crippen LogP contribution in [0.25, 0.3) is 0 Å². The number of aromatic nitrogens is 1. The number of hydrogen-bond donors (Lipinski definition) is 1. The van der Waals surface area contributed by atoms with E-state index in [0.717, 1.165) is 0 Å². The van der Waals surface area contributed by atoms with Crippen LogP contribution in [0.1, 0.15) is 28.9 Å². The molecule has 19 heavy (non-hydrogen) atoms. The van der Waals surface area contributed by atoms with E-state index in [0.29, 0.717) is 24.1 Å². The quantitative estimate of drug-likeness (QED) is 0.855. The molecule has 1 saturated heterocycles. The maximum atomic E-state index is 11.9. The molecule has 0 bridgehead atoms. The zero-order valence-corrected chi connectivity index (χ0v) is 12.1. The predicted octanol–water partition coefficient (Wildman–Crippen LogP) is 1.35. The van der Waals surface area contributed by atoms with Crippen molar-refractivity contribution in [2.45, 2.75) is 25.0 Å². The minimum absolute atomic E-state index is 0.153. The molecule has 0 aromatic carbocycles. The van der Waals surface area contributed by atoms with Crippen LogP contribution < -0.4 is 5.32 Å². The zero-order chi connectivity index (χ0) is 14.0. The van der Waals surface area contributed by atoms with Crippen LogP contribution in [0.5, 0.6) is 0 Å². The molecule has 0 aliphatic carbocycles. The first-order valence-electron chi connectivity index (χ1n) is 6.02. The highest BCUT2D eigenvalue weighted by Gasteiger charge is 2.31. The smallest absolute Gasteiger partial charge is 0.251 e. The van der Waals surface area contributed by atoms with E-state index in [4.69, 9.17) is 11.6 Å². The summed E-state index contributed by atoms with van der Waals surface area (Å²) in [5.74, 6) is -0.109. The Morgan fingerprint density at radius 3 is 2.84 bits per heavy atom. The number of aryl methyl sites for hydroxylation is 1. The molecule has 2 rings (SSSR count). The van der Waals surface area contributed by atoms with E-state index >= 15 is 0 Å². The van der Waals surface area contributed by atoms with Gasteiger partial charge < -0.3 is 5.32 Å². The lowest BCUT2D eigenvalue weighted by Gasteiger charge is -2.11. The van der Waals surface area contributed by atoms with Crippen molar-refractivity contribution in [3.8, 4) is 0 Å². The lowest BCUT2D eigenvalue weighted by Crippen LogP contribution is -2.34. The SMILES string of the molecule is Cc1cc(C(=O)NCC2CCCS2(=O)=O)cc(Cl)n1. The number of sulfone groups is 1. The lowest BCUT2D eigenvalue weighted by molar-refractivity contribution is 0.0953. The highest BCUT2D eigenvalue weighted by Crippen LogP contribution is 2.19. The molecule has 1 aliphatic heterocycles. The summed E-state index contributed by atoms with van der Waals surface area (Å²) in [5, 5.41) is 2.43. The Morgan fingerprint density at radius 2 is 2.26 bits per heavy atom. The second kappa shape index (κ2) is 5.46. The van der Waals surface area contributed by atoms with Gasteiger partial charge in [-0.3, -0.25) is 4.79 Å². The molecule has 0 radical (unpaired) electrons. The molecular weight excluding hydrogens is 288 g/mol. The minimum atomic E-state index is -3.03. The van der Waals surface area contributed by atoms with E-state index < -0.39 is 15.1 Å². The van der Waals surface area contributed by atoms with E-state index in [9.17, 15) is 13.2 Å². The number of carbonyl (C=O) groups is 1. The van der Waals surface area contributed by atoms with Crippen LogP contribution in [0.15, 0.2) is 12.1 Å². The molecule has 0 saturated carbocycles. The Hall–Kier alpha value is -1.14. The van der Waals surface area contributed by atoms with Gasteiger partial charge in [0.05, 0.1) is 11.0 Å². The molecule has 1 aliphatic rings. The van der Waals surface area contributed by atoms with Crippen LogP contribution >= 0.6 is 11.6 Å². The summed E-state index contributed by atoms with van der Waals surface area (Å²) >= 11 is 5.78. The average molecular weight is 303 g/mol. The number of nitrogens with zero attached hydrogens (tertiary/aromatic N) is 1. The first kappa shape index (κ1) is 14.3. The van der Waals surface area contributed by atoms with Gasteiger partial charge in [-0.2, -0.15) is 0 Å². The van der Waals surface area contributed by atoms with Gasteiger partial charge in [-0.25, -0.2) is 13.4 Å². The van der Waals surface area contributed by atoms with Crippen molar-refractivity contribution in [2.75, 3.05) is 12.3 Å². The Bertz CT molecular complexity index is 581. The second-order valence-corrected chi connectivity index (χ2v) is 7.45. The monoisotopic (exact) mass is 302 g/mol. The molecule has 1 aromatic heterocycles. The summed E-state index contributed by atoms with van der Waals surface area (Å²) in [6, 6.07) is 3.08. The van der Waals surface area contributed by atoms with Crippen molar-refractivity contribution in [2.24, 2.45) is 0 Å².